The van der Waals surface area contributed by atoms with Gasteiger partial charge in [-0.05, 0) is 6.26 Å². The smallest absolute Gasteiger partial charge is 0.290 e. The van der Waals surface area contributed by atoms with Crippen LogP contribution in [0.4, 0.5) is 0 Å². The molecule has 1 aromatic heterocycles. The van der Waals surface area contributed by atoms with Crippen molar-refractivity contribution in [2.24, 2.45) is 0 Å². The molecule has 0 spiro atoms. The van der Waals surface area contributed by atoms with E-state index in [-0.39, 0.29) is 5.15 Å². The summed E-state index contributed by atoms with van der Waals surface area (Å²) in [5.41, 5.74) is 0.354. The molecular weight excluding hydrogens is 220 g/mol. The summed E-state index contributed by atoms with van der Waals surface area (Å²) in [5, 5.41) is 9.38. The number of halogens is 1. The molecule has 0 aliphatic rings. The second kappa shape index (κ2) is 4.80. The van der Waals surface area contributed by atoms with Crippen LogP contribution in [0.25, 0.3) is 4.85 Å². The predicted octanol–water partition coefficient (Wildman–Crippen LogP) is 2.34. The van der Waals surface area contributed by atoms with Crippen LogP contribution in [0.15, 0.2) is 11.2 Å². The van der Waals surface area contributed by atoms with Crippen LogP contribution < -0.4 is 0 Å². The molecule has 0 N–H and O–H groups in total. The molecule has 0 aliphatic carbocycles. The van der Waals surface area contributed by atoms with E-state index in [1.54, 1.807) is 6.26 Å². The summed E-state index contributed by atoms with van der Waals surface area (Å²) in [6.45, 7) is 6.79. The maximum Gasteiger partial charge on any atom is 0.349 e. The van der Waals surface area contributed by atoms with Gasteiger partial charge in [-0.15, -0.1) is 0 Å². The first-order valence-corrected chi connectivity index (χ1v) is 5.16. The van der Waals surface area contributed by atoms with Crippen molar-refractivity contribution < 1.29 is 0 Å². The van der Waals surface area contributed by atoms with Crippen molar-refractivity contribution in [1.29, 1.82) is 5.26 Å². The first-order chi connectivity index (χ1) is 6.71. The third kappa shape index (κ3) is 2.35. The molecule has 1 atom stereocenters. The predicted molar refractivity (Wildman–Crippen MR) is 53.8 cm³/mol. The normalized spacial score (nSPS) is 11.4. The summed E-state index contributed by atoms with van der Waals surface area (Å²) >= 11 is 7.03. The van der Waals surface area contributed by atoms with Crippen LogP contribution in [0.5, 0.6) is 0 Å². The summed E-state index contributed by atoms with van der Waals surface area (Å²) in [6.07, 6.45) is 1.80. The zero-order chi connectivity index (χ0) is 10.6. The molecular formula is C8H5ClN4S. The van der Waals surface area contributed by atoms with E-state index in [9.17, 15) is 0 Å². The number of hydrogen-bond acceptors (Lipinski definition) is 4. The third-order valence-corrected chi connectivity index (χ3v) is 2.15. The fourth-order valence-electron chi connectivity index (χ4n) is 0.806. The number of nitriles is 1. The highest BCUT2D eigenvalue weighted by Crippen LogP contribution is 2.20. The summed E-state index contributed by atoms with van der Waals surface area (Å²) in [4.78, 5) is 11.1. The minimum absolute atomic E-state index is 0.253. The Morgan fingerprint density at radius 3 is 2.93 bits per heavy atom. The van der Waals surface area contributed by atoms with Crippen LogP contribution in [0, 0.1) is 17.9 Å². The Labute approximate surface area is 90.8 Å². The summed E-state index contributed by atoms with van der Waals surface area (Å²) in [7, 11) is 0. The van der Waals surface area contributed by atoms with Crippen molar-refractivity contribution in [3.8, 4) is 6.07 Å². The van der Waals surface area contributed by atoms with Crippen molar-refractivity contribution >= 4 is 23.4 Å². The van der Waals surface area contributed by atoms with Gasteiger partial charge in [0.2, 0.25) is 0 Å². The van der Waals surface area contributed by atoms with Crippen LogP contribution in [0.2, 0.25) is 5.15 Å². The van der Waals surface area contributed by atoms with E-state index >= 15 is 0 Å². The van der Waals surface area contributed by atoms with Gasteiger partial charge >= 0.3 is 6.04 Å². The summed E-state index contributed by atoms with van der Waals surface area (Å²) in [6, 6.07) is 2.37. The molecule has 4 nitrogen and oxygen atoms in total. The monoisotopic (exact) mass is 224 g/mol. The van der Waals surface area contributed by atoms with Gasteiger partial charge in [-0.3, -0.25) is 4.85 Å². The average molecular weight is 225 g/mol. The number of nitrogens with zero attached hydrogens (tertiary/aromatic N) is 4. The van der Waals surface area contributed by atoms with Gasteiger partial charge in [0.05, 0.1) is 0 Å². The van der Waals surface area contributed by atoms with Crippen molar-refractivity contribution in [3.05, 3.63) is 28.3 Å². The van der Waals surface area contributed by atoms with Crippen molar-refractivity contribution in [3.63, 3.8) is 0 Å². The van der Waals surface area contributed by atoms with Gasteiger partial charge in [-0.2, -0.15) is 5.26 Å². The van der Waals surface area contributed by atoms with Gasteiger partial charge in [0.25, 0.3) is 0 Å². The van der Waals surface area contributed by atoms with Crippen molar-refractivity contribution in [2.75, 3.05) is 6.26 Å². The SMILES string of the molecule is [C-]#[N+]C(C#N)c1cc(Cl)nc(SC)n1. The van der Waals surface area contributed by atoms with Gasteiger partial charge < -0.3 is 0 Å². The van der Waals surface area contributed by atoms with Gasteiger partial charge in [0, 0.05) is 6.07 Å². The van der Waals surface area contributed by atoms with E-state index in [2.05, 4.69) is 14.8 Å². The zero-order valence-electron chi connectivity index (χ0n) is 7.23. The van der Waals surface area contributed by atoms with E-state index < -0.39 is 6.04 Å². The van der Waals surface area contributed by atoms with Crippen LogP contribution in [0.1, 0.15) is 11.7 Å². The molecule has 0 radical (unpaired) electrons. The molecule has 0 amide bonds. The Morgan fingerprint density at radius 2 is 2.43 bits per heavy atom. The van der Waals surface area contributed by atoms with Gasteiger partial charge in [-0.25, -0.2) is 16.5 Å². The average Bonchev–Trinajstić information content (AvgIpc) is 2.19. The minimum atomic E-state index is -0.901. The summed E-state index contributed by atoms with van der Waals surface area (Å²) < 4.78 is 0. The molecule has 0 saturated heterocycles. The lowest BCUT2D eigenvalue weighted by atomic mass is 10.2. The van der Waals surface area contributed by atoms with Gasteiger partial charge in [0.15, 0.2) is 11.2 Å². The summed E-state index contributed by atoms with van der Waals surface area (Å²) in [5.74, 6) is 0. The zero-order valence-corrected chi connectivity index (χ0v) is 8.80. The highest BCUT2D eigenvalue weighted by Gasteiger charge is 2.18. The lowest BCUT2D eigenvalue weighted by Crippen LogP contribution is -1.97. The van der Waals surface area contributed by atoms with Gasteiger partial charge in [0.1, 0.15) is 10.8 Å². The molecule has 0 aliphatic heterocycles. The van der Waals surface area contributed by atoms with Crippen LogP contribution in [0.3, 0.4) is 0 Å². The quantitative estimate of drug-likeness (QED) is 0.335. The Balaban J connectivity index is 3.17. The Bertz CT molecular complexity index is 406. The molecule has 1 unspecified atom stereocenters. The lowest BCUT2D eigenvalue weighted by Gasteiger charge is -1.99. The Kier molecular flexibility index (Phi) is 3.70. The van der Waals surface area contributed by atoms with E-state index in [0.717, 1.165) is 0 Å². The topological polar surface area (TPSA) is 53.9 Å². The fourth-order valence-corrected chi connectivity index (χ4v) is 1.43. The first kappa shape index (κ1) is 10.8. The molecule has 1 rings (SSSR count). The van der Waals surface area contributed by atoms with Crippen molar-refractivity contribution in [2.45, 2.75) is 11.2 Å². The second-order valence-electron chi connectivity index (χ2n) is 2.26. The van der Waals surface area contributed by atoms with E-state index in [1.807, 2.05) is 6.07 Å². The third-order valence-electron chi connectivity index (χ3n) is 1.41. The molecule has 0 bridgehead atoms. The highest BCUT2D eigenvalue weighted by atomic mass is 35.5. The largest absolute Gasteiger partial charge is 0.349 e. The molecule has 0 aromatic carbocycles. The fraction of sp³-hybridized carbons (Fsp3) is 0.250. The standard InChI is InChI=1S/C8H5ClN4S/c1-11-6(4-10)5-3-7(9)13-8(12-5)14-2/h3,6H,2H3. The number of hydrogen-bond donors (Lipinski definition) is 0. The molecule has 0 fully saturated rings. The van der Waals surface area contributed by atoms with E-state index in [0.29, 0.717) is 10.9 Å². The Hall–Kier alpha value is -1.30. The number of rotatable bonds is 2. The Morgan fingerprint density at radius 1 is 1.71 bits per heavy atom. The molecule has 0 saturated carbocycles. The van der Waals surface area contributed by atoms with Crippen LogP contribution >= 0.6 is 23.4 Å². The molecule has 14 heavy (non-hydrogen) atoms. The first-order valence-electron chi connectivity index (χ1n) is 3.56. The van der Waals surface area contributed by atoms with Crippen LogP contribution in [-0.4, -0.2) is 16.2 Å². The maximum absolute atomic E-state index is 8.66. The molecule has 6 heteroatoms. The molecule has 70 valence electrons. The lowest BCUT2D eigenvalue weighted by molar-refractivity contribution is 0.878. The van der Waals surface area contributed by atoms with Gasteiger partial charge in [-0.1, -0.05) is 23.4 Å². The molecule has 1 heterocycles. The van der Waals surface area contributed by atoms with Crippen LogP contribution in [-0.2, 0) is 0 Å². The number of thioether (sulfide) groups is 1. The number of aromatic nitrogens is 2. The maximum atomic E-state index is 8.66. The highest BCUT2D eigenvalue weighted by molar-refractivity contribution is 7.98. The molecule has 1 aromatic rings. The second-order valence-corrected chi connectivity index (χ2v) is 3.42. The minimum Gasteiger partial charge on any atom is -0.290 e. The van der Waals surface area contributed by atoms with Crippen molar-refractivity contribution in [1.82, 2.24) is 9.97 Å². The van der Waals surface area contributed by atoms with E-state index in [4.69, 9.17) is 23.4 Å². The van der Waals surface area contributed by atoms with E-state index in [1.165, 1.54) is 17.8 Å².